The van der Waals surface area contributed by atoms with Crippen molar-refractivity contribution in [3.8, 4) is 11.5 Å². The molecule has 0 spiro atoms. The van der Waals surface area contributed by atoms with E-state index in [0.717, 1.165) is 46.2 Å². The van der Waals surface area contributed by atoms with Crippen molar-refractivity contribution in [2.45, 2.75) is 130 Å². The number of hydrogen-bond acceptors (Lipinski definition) is 4. The molecule has 6 rings (SSSR count). The van der Waals surface area contributed by atoms with Gasteiger partial charge in [0.05, 0.1) is 38.5 Å². The minimum atomic E-state index is -6.20. The van der Waals surface area contributed by atoms with Crippen molar-refractivity contribution in [2.24, 2.45) is 0 Å². The van der Waals surface area contributed by atoms with Crippen LogP contribution in [0.2, 0.25) is 0 Å². The Morgan fingerprint density at radius 3 is 1.05 bits per heavy atom. The van der Waals surface area contributed by atoms with E-state index >= 15 is 35.1 Å². The molecule has 0 aliphatic carbocycles. The van der Waals surface area contributed by atoms with Gasteiger partial charge in [-0.3, -0.25) is 0 Å². The predicted octanol–water partition coefficient (Wildman–Crippen LogP) is 16.4. The van der Waals surface area contributed by atoms with E-state index < -0.39 is 159 Å². The van der Waals surface area contributed by atoms with E-state index in [4.69, 9.17) is 9.47 Å². The zero-order valence-corrected chi connectivity index (χ0v) is 38.0. The Bertz CT molecular complexity index is 2610. The first-order chi connectivity index (χ1) is 34.0. The summed E-state index contributed by atoms with van der Waals surface area (Å²) in [5.74, 6) is -39.1. The van der Waals surface area contributed by atoms with Crippen LogP contribution in [0.4, 0.5) is 117 Å². The fourth-order valence-electron chi connectivity index (χ4n) is 8.83. The van der Waals surface area contributed by atoms with E-state index in [1.54, 1.807) is 0 Å². The van der Waals surface area contributed by atoms with Crippen molar-refractivity contribution in [3.05, 3.63) is 118 Å². The van der Waals surface area contributed by atoms with Crippen molar-refractivity contribution in [1.82, 2.24) is 0 Å². The van der Waals surface area contributed by atoms with Gasteiger partial charge in [0.15, 0.2) is 13.5 Å². The molecule has 0 bridgehead atoms. The minimum Gasteiger partial charge on any atom is -0.473 e. The Hall–Kier alpha value is -5.60. The van der Waals surface area contributed by atoms with E-state index in [1.807, 2.05) is 0 Å². The summed E-state index contributed by atoms with van der Waals surface area (Å²) in [5, 5.41) is 0. The molecule has 416 valence electrons. The van der Waals surface area contributed by atoms with E-state index in [2.05, 4.69) is 0 Å². The topological polar surface area (TPSA) is 24.9 Å². The van der Waals surface area contributed by atoms with Crippen LogP contribution in [-0.2, 0) is 30.3 Å². The fraction of sp³-hybridized carbons (Fsp3) is 0.489. The summed E-state index contributed by atoms with van der Waals surface area (Å²) in [6.07, 6.45) is -33.3. The van der Waals surface area contributed by atoms with E-state index in [9.17, 15) is 70.2 Å². The summed E-state index contributed by atoms with van der Waals surface area (Å²) in [7, 11) is 0. The largest absolute Gasteiger partial charge is 0.473 e. The highest BCUT2D eigenvalue weighted by atomic mass is 19.4. The maximum atomic E-state index is 15.4. The maximum absolute atomic E-state index is 15.4. The van der Waals surface area contributed by atoms with Crippen LogP contribution in [-0.4, -0.2) is 67.8 Å². The van der Waals surface area contributed by atoms with E-state index in [1.165, 1.54) is 0 Å². The second-order valence-corrected chi connectivity index (χ2v) is 18.5. The molecule has 0 aromatic heterocycles. The smallest absolute Gasteiger partial charge is 0.411 e. The Morgan fingerprint density at radius 1 is 0.413 bits per heavy atom. The zero-order valence-electron chi connectivity index (χ0n) is 38.0. The molecule has 0 N–H and O–H groups in total. The number of anilines is 2. The van der Waals surface area contributed by atoms with Gasteiger partial charge in [0.2, 0.25) is 5.41 Å². The molecule has 0 amide bonds. The van der Waals surface area contributed by atoms with Gasteiger partial charge in [0, 0.05) is 46.7 Å². The first-order valence-corrected chi connectivity index (χ1v) is 21.6. The highest BCUT2D eigenvalue weighted by Crippen LogP contribution is 2.58. The molecule has 28 heteroatoms. The van der Waals surface area contributed by atoms with Crippen LogP contribution >= 0.6 is 0 Å². The molecular formula is C47H38F24N2O2. The molecule has 0 fully saturated rings. The second-order valence-electron chi connectivity index (χ2n) is 18.5. The number of alkyl halides is 24. The molecule has 0 radical (unpaired) electrons. The summed E-state index contributed by atoms with van der Waals surface area (Å²) >= 11 is 0. The first kappa shape index (κ1) is 58.7. The minimum absolute atomic E-state index is 0.0225. The summed E-state index contributed by atoms with van der Waals surface area (Å²) in [6.45, 7) is -2.14. The van der Waals surface area contributed by atoms with Crippen LogP contribution in [0, 0.1) is 0 Å². The highest BCUT2D eigenvalue weighted by molar-refractivity contribution is 5.57. The van der Waals surface area contributed by atoms with Crippen molar-refractivity contribution < 1.29 is 115 Å². The molecule has 0 atom stereocenters. The number of hydrogen-bond donors (Lipinski definition) is 0. The molecule has 2 aliphatic heterocycles. The SMILES string of the molecule is CC(F)(F)CC(F)(F)CC(F)(F)CC(F)(F)c1ccc(N2COc3ccc(C(c4ccc5c(c4)CN(c4ccc(C(F)(F)CC(F)(F)CC(F)(F)CC(F)(F)C(F)F)cc4)CO5)(C(F)(F)F)C(F)(F)F)cc3C2)cc1. The number of nitrogens with zero attached hydrogens (tertiary/aromatic N) is 2. The number of benzene rings is 4. The third-order valence-electron chi connectivity index (χ3n) is 12.0. The number of halogens is 24. The summed E-state index contributed by atoms with van der Waals surface area (Å²) in [4.78, 5) is 2.21. The number of rotatable bonds is 19. The van der Waals surface area contributed by atoms with Crippen LogP contribution in [0.3, 0.4) is 0 Å². The zero-order chi connectivity index (χ0) is 56.4. The van der Waals surface area contributed by atoms with Crippen molar-refractivity contribution in [2.75, 3.05) is 23.3 Å². The summed E-state index contributed by atoms with van der Waals surface area (Å²) in [6, 6.07) is 9.10. The Labute approximate surface area is 409 Å². The fourth-order valence-corrected chi connectivity index (χ4v) is 8.83. The second kappa shape index (κ2) is 19.8. The van der Waals surface area contributed by atoms with Crippen LogP contribution in [0.15, 0.2) is 84.9 Å². The molecule has 4 aromatic carbocycles. The van der Waals surface area contributed by atoms with Gasteiger partial charge in [-0.25, -0.2) is 79.0 Å². The lowest BCUT2D eigenvalue weighted by Gasteiger charge is -2.40. The molecule has 75 heavy (non-hydrogen) atoms. The van der Waals surface area contributed by atoms with Gasteiger partial charge in [-0.15, -0.1) is 0 Å². The van der Waals surface area contributed by atoms with Gasteiger partial charge in [0.25, 0.3) is 41.5 Å². The van der Waals surface area contributed by atoms with E-state index in [-0.39, 0.29) is 40.9 Å². The maximum Gasteiger partial charge on any atom is 0.411 e. The highest BCUT2D eigenvalue weighted by Gasteiger charge is 2.73. The van der Waals surface area contributed by atoms with Crippen LogP contribution < -0.4 is 19.3 Å². The van der Waals surface area contributed by atoms with Crippen LogP contribution in [0.1, 0.15) is 78.8 Å². The predicted molar refractivity (Wildman–Crippen MR) is 219 cm³/mol. The molecule has 0 saturated carbocycles. The normalized spacial score (nSPS) is 15.9. The molecular weight excluding hydrogens is 1080 g/mol. The molecule has 4 nitrogen and oxygen atoms in total. The van der Waals surface area contributed by atoms with Crippen LogP contribution in [0.25, 0.3) is 0 Å². The lowest BCUT2D eigenvalue weighted by molar-refractivity contribution is -0.288. The third kappa shape index (κ3) is 13.3. The Morgan fingerprint density at radius 2 is 0.733 bits per heavy atom. The average molecular weight is 1120 g/mol. The molecule has 2 heterocycles. The van der Waals surface area contributed by atoms with Gasteiger partial charge < -0.3 is 19.3 Å². The lowest BCUT2D eigenvalue weighted by atomic mass is 9.72. The molecule has 0 unspecified atom stereocenters. The van der Waals surface area contributed by atoms with Crippen LogP contribution in [0.5, 0.6) is 11.5 Å². The Balaban J connectivity index is 1.22. The van der Waals surface area contributed by atoms with Gasteiger partial charge in [-0.2, -0.15) is 26.3 Å². The molecule has 2 aliphatic rings. The van der Waals surface area contributed by atoms with Gasteiger partial charge >= 0.3 is 24.7 Å². The van der Waals surface area contributed by atoms with Crippen molar-refractivity contribution >= 4 is 11.4 Å². The Kier molecular flexibility index (Phi) is 15.5. The van der Waals surface area contributed by atoms with Gasteiger partial charge in [-0.1, -0.05) is 36.4 Å². The quantitative estimate of drug-likeness (QED) is 0.0874. The lowest BCUT2D eigenvalue weighted by Crippen LogP contribution is -2.55. The first-order valence-electron chi connectivity index (χ1n) is 21.6. The van der Waals surface area contributed by atoms with Crippen molar-refractivity contribution in [1.29, 1.82) is 0 Å². The monoisotopic (exact) mass is 1120 g/mol. The average Bonchev–Trinajstić information content (AvgIpc) is 3.22. The van der Waals surface area contributed by atoms with Crippen molar-refractivity contribution in [3.63, 3.8) is 0 Å². The van der Waals surface area contributed by atoms with E-state index in [0.29, 0.717) is 48.5 Å². The summed E-state index contributed by atoms with van der Waals surface area (Å²) < 4.78 is 354. The van der Waals surface area contributed by atoms with Gasteiger partial charge in [-0.05, 0) is 66.6 Å². The van der Waals surface area contributed by atoms with Gasteiger partial charge in [0.1, 0.15) is 11.5 Å². The number of ether oxygens (including phenoxy) is 2. The third-order valence-corrected chi connectivity index (χ3v) is 12.0. The summed E-state index contributed by atoms with van der Waals surface area (Å²) in [5.41, 5.74) is -11.0. The standard InChI is InChI=1S/C47H38F24N2O2/c1-37(50,51)18-38(52,53)19-39(54,55)21-42(60,61)28-2-8-32(9-3-28)72-16-26-14-30(6-12-34(26)74-24-72)45(46(66,67)68,47(69,70)71)31-7-13-35-27(15-31)17-73(25-75-35)33-10-4-29(5-11-33)43(62,63)22-40(56,57)20-41(58,59)23-44(64,65)36(48)49/h2-15,36H,16-25H2,1H3. The number of fused-ring (bicyclic) bond motifs is 2. The molecule has 4 aromatic rings. The molecule has 0 saturated heterocycles.